The van der Waals surface area contributed by atoms with Gasteiger partial charge in [-0.1, -0.05) is 43.3 Å². The molecule has 2 atom stereocenters. The molecule has 0 radical (unpaired) electrons. The number of benzene rings is 2. The summed E-state index contributed by atoms with van der Waals surface area (Å²) in [6.07, 6.45) is 0. The molecule has 112 valence electrons. The van der Waals surface area contributed by atoms with Crippen molar-refractivity contribution in [2.75, 3.05) is 25.6 Å². The number of hydrogen-bond donors (Lipinski definition) is 1. The average molecular weight is 284 g/mol. The molecule has 2 rings (SSSR count). The third-order valence-electron chi connectivity index (χ3n) is 4.10. The minimum Gasteiger partial charge on any atom is -0.497 e. The summed E-state index contributed by atoms with van der Waals surface area (Å²) in [6.45, 7) is 2.83. The molecular weight excluding hydrogens is 260 g/mol. The fourth-order valence-corrected chi connectivity index (χ4v) is 2.70. The van der Waals surface area contributed by atoms with E-state index in [9.17, 15) is 0 Å². The minimum atomic E-state index is 0.236. The van der Waals surface area contributed by atoms with Crippen LogP contribution in [0.3, 0.4) is 0 Å². The third kappa shape index (κ3) is 3.56. The Bertz CT molecular complexity index is 556. The summed E-state index contributed by atoms with van der Waals surface area (Å²) in [4.78, 5) is 2.24. The van der Waals surface area contributed by atoms with Crippen molar-refractivity contribution in [3.05, 3.63) is 60.2 Å². The molecule has 0 aliphatic carbocycles. The molecule has 2 aromatic carbocycles. The van der Waals surface area contributed by atoms with Gasteiger partial charge in [0.05, 0.1) is 7.11 Å². The molecular formula is C18H24N2O. The number of hydrogen-bond acceptors (Lipinski definition) is 3. The van der Waals surface area contributed by atoms with E-state index in [1.165, 1.54) is 5.56 Å². The van der Waals surface area contributed by atoms with Crippen LogP contribution in [0.15, 0.2) is 54.6 Å². The van der Waals surface area contributed by atoms with Crippen LogP contribution in [-0.4, -0.2) is 26.7 Å². The summed E-state index contributed by atoms with van der Waals surface area (Å²) in [5.74, 6) is 1.22. The van der Waals surface area contributed by atoms with Crippen molar-refractivity contribution < 1.29 is 4.74 Å². The monoisotopic (exact) mass is 284 g/mol. The minimum absolute atomic E-state index is 0.236. The molecule has 0 aliphatic rings. The Morgan fingerprint density at radius 3 is 2.43 bits per heavy atom. The number of methoxy groups -OCH3 is 1. The lowest BCUT2D eigenvalue weighted by Gasteiger charge is -2.34. The number of rotatable bonds is 6. The first-order valence-corrected chi connectivity index (χ1v) is 7.29. The molecule has 0 aromatic heterocycles. The third-order valence-corrected chi connectivity index (χ3v) is 4.10. The van der Waals surface area contributed by atoms with Gasteiger partial charge in [0.15, 0.2) is 0 Å². The van der Waals surface area contributed by atoms with Crippen molar-refractivity contribution >= 4 is 5.69 Å². The van der Waals surface area contributed by atoms with Gasteiger partial charge >= 0.3 is 0 Å². The first-order valence-electron chi connectivity index (χ1n) is 7.29. The lowest BCUT2D eigenvalue weighted by molar-refractivity contribution is 0.414. The molecule has 0 fully saturated rings. The highest BCUT2D eigenvalue weighted by molar-refractivity contribution is 5.51. The fourth-order valence-electron chi connectivity index (χ4n) is 2.70. The van der Waals surface area contributed by atoms with E-state index in [1.54, 1.807) is 7.11 Å². The molecule has 2 aromatic rings. The quantitative estimate of drug-likeness (QED) is 0.885. The van der Waals surface area contributed by atoms with Crippen LogP contribution < -0.4 is 15.4 Å². The highest BCUT2D eigenvalue weighted by Gasteiger charge is 2.22. The molecule has 3 nitrogen and oxygen atoms in total. The van der Waals surface area contributed by atoms with Gasteiger partial charge in [-0.05, 0) is 17.7 Å². The fraction of sp³-hybridized carbons (Fsp3) is 0.333. The van der Waals surface area contributed by atoms with E-state index < -0.39 is 0 Å². The molecule has 0 spiro atoms. The van der Waals surface area contributed by atoms with Crippen LogP contribution in [0.25, 0.3) is 0 Å². The van der Waals surface area contributed by atoms with E-state index in [4.69, 9.17) is 10.5 Å². The van der Waals surface area contributed by atoms with Crippen molar-refractivity contribution in [3.63, 3.8) is 0 Å². The van der Waals surface area contributed by atoms with Crippen molar-refractivity contribution in [2.45, 2.75) is 18.9 Å². The van der Waals surface area contributed by atoms with E-state index in [-0.39, 0.29) is 6.04 Å². The second-order valence-electron chi connectivity index (χ2n) is 5.31. The first kappa shape index (κ1) is 15.4. The SMILES string of the molecule is COc1cccc(N(C)C(CN)C(C)c2ccccc2)c1. The maximum Gasteiger partial charge on any atom is 0.120 e. The molecule has 0 saturated carbocycles. The van der Waals surface area contributed by atoms with Gasteiger partial charge in [0, 0.05) is 37.3 Å². The number of anilines is 1. The predicted octanol–water partition coefficient (Wildman–Crippen LogP) is 3.26. The Balaban J connectivity index is 2.23. The molecule has 0 amide bonds. The van der Waals surface area contributed by atoms with Crippen LogP contribution in [0.1, 0.15) is 18.4 Å². The second-order valence-corrected chi connectivity index (χ2v) is 5.31. The van der Waals surface area contributed by atoms with Crippen LogP contribution in [0, 0.1) is 0 Å². The molecule has 2 N–H and O–H groups in total. The number of likely N-dealkylation sites (N-methyl/N-ethyl adjacent to an activating group) is 1. The van der Waals surface area contributed by atoms with Crippen molar-refractivity contribution in [2.24, 2.45) is 5.73 Å². The summed E-state index contributed by atoms with van der Waals surface area (Å²) >= 11 is 0. The van der Waals surface area contributed by atoms with Gasteiger partial charge in [-0.2, -0.15) is 0 Å². The van der Waals surface area contributed by atoms with Crippen LogP contribution in [-0.2, 0) is 0 Å². The number of nitrogens with zero attached hydrogens (tertiary/aromatic N) is 1. The second kappa shape index (κ2) is 7.14. The lowest BCUT2D eigenvalue weighted by Crippen LogP contribution is -2.41. The average Bonchev–Trinajstić information content (AvgIpc) is 2.56. The Kier molecular flexibility index (Phi) is 5.23. The normalized spacial score (nSPS) is 13.5. The maximum atomic E-state index is 6.05. The van der Waals surface area contributed by atoms with Crippen LogP contribution in [0.4, 0.5) is 5.69 Å². The summed E-state index contributed by atoms with van der Waals surface area (Å²) in [5.41, 5.74) is 8.47. The van der Waals surface area contributed by atoms with Gasteiger partial charge in [0.1, 0.15) is 5.75 Å². The zero-order valence-corrected chi connectivity index (χ0v) is 13.0. The molecule has 2 unspecified atom stereocenters. The number of nitrogens with two attached hydrogens (primary N) is 1. The van der Waals surface area contributed by atoms with Gasteiger partial charge < -0.3 is 15.4 Å². The zero-order valence-electron chi connectivity index (χ0n) is 13.0. The Morgan fingerprint density at radius 2 is 1.81 bits per heavy atom. The summed E-state index contributed by atoms with van der Waals surface area (Å²) in [5, 5.41) is 0. The van der Waals surface area contributed by atoms with Gasteiger partial charge in [-0.25, -0.2) is 0 Å². The smallest absolute Gasteiger partial charge is 0.120 e. The van der Waals surface area contributed by atoms with Crippen LogP contribution in [0.5, 0.6) is 5.75 Å². The van der Waals surface area contributed by atoms with Gasteiger partial charge in [0.25, 0.3) is 0 Å². The highest BCUT2D eigenvalue weighted by atomic mass is 16.5. The standard InChI is InChI=1S/C18H24N2O/c1-14(15-8-5-4-6-9-15)18(13-19)20(2)16-10-7-11-17(12-16)21-3/h4-12,14,18H,13,19H2,1-3H3. The lowest BCUT2D eigenvalue weighted by atomic mass is 9.92. The van der Waals surface area contributed by atoms with Crippen LogP contribution in [0.2, 0.25) is 0 Å². The molecule has 0 saturated heterocycles. The van der Waals surface area contributed by atoms with Crippen molar-refractivity contribution in [3.8, 4) is 5.75 Å². The van der Waals surface area contributed by atoms with Gasteiger partial charge in [-0.3, -0.25) is 0 Å². The summed E-state index contributed by atoms with van der Waals surface area (Å²) in [6, 6.07) is 18.8. The van der Waals surface area contributed by atoms with E-state index in [0.717, 1.165) is 11.4 Å². The Labute approximate surface area is 127 Å². The molecule has 0 aliphatic heterocycles. The van der Waals surface area contributed by atoms with Crippen molar-refractivity contribution in [1.82, 2.24) is 0 Å². The molecule has 0 bridgehead atoms. The first-order chi connectivity index (χ1) is 10.2. The zero-order chi connectivity index (χ0) is 15.2. The maximum absolute atomic E-state index is 6.05. The Morgan fingerprint density at radius 1 is 1.10 bits per heavy atom. The molecule has 0 heterocycles. The van der Waals surface area contributed by atoms with E-state index in [1.807, 2.05) is 24.3 Å². The van der Waals surface area contributed by atoms with Crippen LogP contribution >= 0.6 is 0 Å². The van der Waals surface area contributed by atoms with Gasteiger partial charge in [-0.15, -0.1) is 0 Å². The van der Waals surface area contributed by atoms with Gasteiger partial charge in [0.2, 0.25) is 0 Å². The highest BCUT2D eigenvalue weighted by Crippen LogP contribution is 2.27. The van der Waals surface area contributed by atoms with E-state index in [0.29, 0.717) is 12.5 Å². The van der Waals surface area contributed by atoms with E-state index >= 15 is 0 Å². The van der Waals surface area contributed by atoms with Crippen molar-refractivity contribution in [1.29, 1.82) is 0 Å². The predicted molar refractivity (Wildman–Crippen MR) is 89.1 cm³/mol. The van der Waals surface area contributed by atoms with E-state index in [2.05, 4.69) is 49.2 Å². The number of ether oxygens (including phenoxy) is 1. The molecule has 3 heteroatoms. The molecule has 21 heavy (non-hydrogen) atoms. The topological polar surface area (TPSA) is 38.5 Å². The Hall–Kier alpha value is -2.00. The summed E-state index contributed by atoms with van der Waals surface area (Å²) < 4.78 is 5.31. The largest absolute Gasteiger partial charge is 0.497 e. The summed E-state index contributed by atoms with van der Waals surface area (Å²) in [7, 11) is 3.78.